The first-order chi connectivity index (χ1) is 15.5. The lowest BCUT2D eigenvalue weighted by Gasteiger charge is -2.03. The minimum absolute atomic E-state index is 0.137. The number of hydrazone groups is 1. The Morgan fingerprint density at radius 1 is 1.31 bits per heavy atom. The van der Waals surface area contributed by atoms with Gasteiger partial charge in [0.1, 0.15) is 17.3 Å². The normalized spacial score (nSPS) is 11.2. The van der Waals surface area contributed by atoms with E-state index in [1.54, 1.807) is 24.3 Å². The highest BCUT2D eigenvalue weighted by Gasteiger charge is 2.19. The zero-order valence-electron chi connectivity index (χ0n) is 16.7. The molecule has 0 aliphatic heterocycles. The highest BCUT2D eigenvalue weighted by molar-refractivity contribution is 8.01. The van der Waals surface area contributed by atoms with Crippen LogP contribution in [0, 0.1) is 10.1 Å². The summed E-state index contributed by atoms with van der Waals surface area (Å²) in [6, 6.07) is 15.5. The fourth-order valence-electron chi connectivity index (χ4n) is 2.81. The Kier molecular flexibility index (Phi) is 6.47. The second kappa shape index (κ2) is 9.62. The van der Waals surface area contributed by atoms with Crippen LogP contribution in [0.15, 0.2) is 68.5 Å². The quantitative estimate of drug-likeness (QED) is 0.172. The smallest absolute Gasteiger partial charge is 0.284 e. The number of hydrogen-bond donors (Lipinski definition) is 1. The van der Waals surface area contributed by atoms with Crippen LogP contribution in [0.5, 0.6) is 5.75 Å². The number of carbonyl (C=O) groups is 1. The minimum Gasteiger partial charge on any atom is -0.497 e. The molecule has 1 N–H and O–H groups in total. The van der Waals surface area contributed by atoms with Crippen LogP contribution >= 0.6 is 23.1 Å². The van der Waals surface area contributed by atoms with Crippen LogP contribution in [-0.4, -0.2) is 34.9 Å². The molecule has 11 heteroatoms. The van der Waals surface area contributed by atoms with Gasteiger partial charge in [-0.05, 0) is 36.4 Å². The lowest BCUT2D eigenvalue weighted by atomic mass is 10.1. The summed E-state index contributed by atoms with van der Waals surface area (Å²) in [6.07, 6.45) is 1.33. The van der Waals surface area contributed by atoms with E-state index < -0.39 is 4.92 Å². The molecule has 2 aromatic heterocycles. The van der Waals surface area contributed by atoms with Crippen molar-refractivity contribution in [3.05, 3.63) is 70.5 Å². The van der Waals surface area contributed by atoms with Gasteiger partial charge in [0, 0.05) is 0 Å². The van der Waals surface area contributed by atoms with Gasteiger partial charge < -0.3 is 9.15 Å². The number of carbonyl (C=O) groups excluding carboxylic acids is 1. The van der Waals surface area contributed by atoms with Crippen LogP contribution < -0.4 is 10.2 Å². The number of methoxy groups -OCH3 is 1. The van der Waals surface area contributed by atoms with Crippen LogP contribution in [0.1, 0.15) is 5.76 Å². The first kappa shape index (κ1) is 21.5. The molecule has 162 valence electrons. The van der Waals surface area contributed by atoms with E-state index in [0.717, 1.165) is 14.6 Å². The molecule has 0 radical (unpaired) electrons. The number of fused-ring (bicyclic) bond motifs is 1. The van der Waals surface area contributed by atoms with Gasteiger partial charge in [0.05, 0.1) is 45.8 Å². The van der Waals surface area contributed by atoms with Gasteiger partial charge in [-0.1, -0.05) is 23.9 Å². The molecule has 1 amide bonds. The fraction of sp³-hybridized carbons (Fsp3) is 0.0952. The second-order valence-corrected chi connectivity index (χ2v) is 8.62. The summed E-state index contributed by atoms with van der Waals surface area (Å²) in [7, 11) is 1.44. The van der Waals surface area contributed by atoms with Gasteiger partial charge in [0.2, 0.25) is 0 Å². The van der Waals surface area contributed by atoms with Crippen LogP contribution in [-0.2, 0) is 4.79 Å². The van der Waals surface area contributed by atoms with Gasteiger partial charge in [-0.15, -0.1) is 11.3 Å². The van der Waals surface area contributed by atoms with E-state index in [1.165, 1.54) is 42.5 Å². The average Bonchev–Trinajstić information content (AvgIpc) is 3.44. The van der Waals surface area contributed by atoms with E-state index in [9.17, 15) is 14.9 Å². The third-order valence-corrected chi connectivity index (χ3v) is 6.46. The Morgan fingerprint density at radius 2 is 2.16 bits per heavy atom. The van der Waals surface area contributed by atoms with Gasteiger partial charge in [-0.2, -0.15) is 5.10 Å². The predicted octanol–water partition coefficient (Wildman–Crippen LogP) is 4.72. The maximum atomic E-state index is 12.0. The van der Waals surface area contributed by atoms with Crippen molar-refractivity contribution in [1.82, 2.24) is 10.4 Å². The van der Waals surface area contributed by atoms with E-state index in [0.29, 0.717) is 22.8 Å². The summed E-state index contributed by atoms with van der Waals surface area (Å²) < 4.78 is 12.5. The molecule has 0 aliphatic rings. The molecular formula is C21H16N4O5S2. The van der Waals surface area contributed by atoms with Crippen molar-refractivity contribution in [3.8, 4) is 17.1 Å². The number of furan rings is 1. The number of nitrogens with zero attached hydrogens (tertiary/aromatic N) is 3. The van der Waals surface area contributed by atoms with E-state index in [1.807, 2.05) is 24.3 Å². The SMILES string of the molecule is COc1ccc(-c2ccc(/C=N\NC(=O)CSc3nc4ccccc4s3)o2)c([N+](=O)[O-])c1. The predicted molar refractivity (Wildman–Crippen MR) is 123 cm³/mol. The molecule has 0 aliphatic carbocycles. The van der Waals surface area contributed by atoms with Crippen molar-refractivity contribution >= 4 is 51.1 Å². The van der Waals surface area contributed by atoms with Crippen molar-refractivity contribution < 1.29 is 18.9 Å². The van der Waals surface area contributed by atoms with Gasteiger partial charge in [-0.25, -0.2) is 10.4 Å². The molecule has 0 saturated heterocycles. The Bertz CT molecular complexity index is 1280. The molecule has 4 rings (SSSR count). The Morgan fingerprint density at radius 3 is 2.94 bits per heavy atom. The molecule has 0 fully saturated rings. The van der Waals surface area contributed by atoms with Gasteiger partial charge in [-0.3, -0.25) is 14.9 Å². The third-order valence-electron chi connectivity index (χ3n) is 4.28. The molecule has 9 nitrogen and oxygen atoms in total. The average molecular weight is 469 g/mol. The lowest BCUT2D eigenvalue weighted by molar-refractivity contribution is -0.384. The van der Waals surface area contributed by atoms with Crippen LogP contribution in [0.2, 0.25) is 0 Å². The molecule has 2 heterocycles. The number of benzene rings is 2. The number of rotatable bonds is 8. The first-order valence-electron chi connectivity index (χ1n) is 9.26. The summed E-state index contributed by atoms with van der Waals surface area (Å²) in [5.41, 5.74) is 3.51. The molecule has 0 saturated carbocycles. The number of nitrogens with one attached hydrogen (secondary N) is 1. The van der Waals surface area contributed by atoms with Gasteiger partial charge in [0.15, 0.2) is 4.34 Å². The number of para-hydroxylation sites is 1. The molecule has 2 aromatic carbocycles. The van der Waals surface area contributed by atoms with Crippen LogP contribution in [0.4, 0.5) is 5.69 Å². The monoisotopic (exact) mass is 468 g/mol. The zero-order valence-corrected chi connectivity index (χ0v) is 18.3. The molecule has 0 bridgehead atoms. The summed E-state index contributed by atoms with van der Waals surface area (Å²) in [4.78, 5) is 27.4. The second-order valence-electron chi connectivity index (χ2n) is 6.37. The first-order valence-corrected chi connectivity index (χ1v) is 11.1. The van der Waals surface area contributed by atoms with Gasteiger partial charge >= 0.3 is 0 Å². The number of ether oxygens (including phenoxy) is 1. The molecular weight excluding hydrogens is 452 g/mol. The van der Waals surface area contributed by atoms with E-state index in [2.05, 4.69) is 15.5 Å². The summed E-state index contributed by atoms with van der Waals surface area (Å²) in [5, 5.41) is 15.2. The van der Waals surface area contributed by atoms with Crippen LogP contribution in [0.25, 0.3) is 21.5 Å². The lowest BCUT2D eigenvalue weighted by Crippen LogP contribution is -2.19. The van der Waals surface area contributed by atoms with Crippen molar-refractivity contribution in [2.75, 3.05) is 12.9 Å². The van der Waals surface area contributed by atoms with Crippen molar-refractivity contribution in [3.63, 3.8) is 0 Å². The largest absolute Gasteiger partial charge is 0.497 e. The Labute approximate surface area is 190 Å². The maximum Gasteiger partial charge on any atom is 0.284 e. The topological polar surface area (TPSA) is 120 Å². The van der Waals surface area contributed by atoms with Crippen LogP contribution in [0.3, 0.4) is 0 Å². The standard InChI is InChI=1S/C21H16N4O5S2/c1-29-13-6-8-15(17(10-13)25(27)28)18-9-7-14(30-18)11-22-24-20(26)12-31-21-23-16-4-2-3-5-19(16)32-21/h2-11H,12H2,1H3,(H,24,26)/b22-11-. The number of nitro groups is 1. The number of hydrogen-bond acceptors (Lipinski definition) is 9. The third kappa shape index (κ3) is 4.95. The molecule has 32 heavy (non-hydrogen) atoms. The number of nitro benzene ring substituents is 1. The van der Waals surface area contributed by atoms with Crippen molar-refractivity contribution in [2.45, 2.75) is 4.34 Å². The van der Waals surface area contributed by atoms with E-state index in [4.69, 9.17) is 9.15 Å². The summed E-state index contributed by atoms with van der Waals surface area (Å²) in [5.74, 6) is 0.893. The molecule has 4 aromatic rings. The highest BCUT2D eigenvalue weighted by Crippen LogP contribution is 2.34. The summed E-state index contributed by atoms with van der Waals surface area (Å²) in [6.45, 7) is 0. The van der Waals surface area contributed by atoms with Gasteiger partial charge in [0.25, 0.3) is 11.6 Å². The number of amides is 1. The van der Waals surface area contributed by atoms with E-state index in [-0.39, 0.29) is 17.3 Å². The number of aromatic nitrogens is 1. The van der Waals surface area contributed by atoms with E-state index >= 15 is 0 Å². The fourth-order valence-corrected chi connectivity index (χ4v) is 4.67. The molecule has 0 unspecified atom stereocenters. The van der Waals surface area contributed by atoms with Crippen molar-refractivity contribution in [1.29, 1.82) is 0 Å². The highest BCUT2D eigenvalue weighted by atomic mass is 32.2. The Balaban J connectivity index is 1.35. The Hall–Kier alpha value is -3.70. The van der Waals surface area contributed by atoms with Crippen molar-refractivity contribution in [2.24, 2.45) is 5.10 Å². The number of thioether (sulfide) groups is 1. The summed E-state index contributed by atoms with van der Waals surface area (Å²) >= 11 is 2.86. The molecule has 0 atom stereocenters. The molecule has 0 spiro atoms. The maximum absolute atomic E-state index is 12.0. The minimum atomic E-state index is -0.503. The number of thiazole rings is 1. The zero-order chi connectivity index (χ0) is 22.5.